The van der Waals surface area contributed by atoms with E-state index in [-0.39, 0.29) is 5.41 Å². The molecule has 3 aliphatic rings. The van der Waals surface area contributed by atoms with Crippen LogP contribution in [-0.2, 0) is 25.8 Å². The topological polar surface area (TPSA) is 35.5 Å². The lowest BCUT2D eigenvalue weighted by Gasteiger charge is -2.30. The molecule has 2 unspecified atom stereocenters. The Morgan fingerprint density at radius 3 is 2.28 bits per heavy atom. The van der Waals surface area contributed by atoms with E-state index in [0.29, 0.717) is 0 Å². The number of ether oxygens (including phenoxy) is 2. The Labute approximate surface area is 229 Å². The van der Waals surface area contributed by atoms with Crippen molar-refractivity contribution < 1.29 is 18.5 Å². The van der Waals surface area contributed by atoms with E-state index in [0.717, 1.165) is 11.3 Å². The van der Waals surface area contributed by atoms with Gasteiger partial charge in [0, 0.05) is 60.6 Å². The van der Waals surface area contributed by atoms with Crippen LogP contribution in [0.3, 0.4) is 0 Å². The van der Waals surface area contributed by atoms with Gasteiger partial charge in [0.2, 0.25) is 16.7 Å². The van der Waals surface area contributed by atoms with E-state index >= 15 is 0 Å². The largest absolute Gasteiger partial charge is 0.456 e. The molecule has 0 amide bonds. The molecule has 3 heterocycles. The average Bonchev–Trinajstić information content (AvgIpc) is 3.14. The number of aryl methyl sites for hydroxylation is 2. The van der Waals surface area contributed by atoms with Crippen molar-refractivity contribution in [2.45, 2.75) is 63.7 Å². The minimum atomic E-state index is -0.813. The Kier molecular flexibility index (Phi) is 4.09. The van der Waals surface area contributed by atoms with Crippen molar-refractivity contribution in [3.8, 4) is 22.6 Å². The number of benzene rings is 3. The fourth-order valence-electron chi connectivity index (χ4n) is 9.01. The lowest BCUT2D eigenvalue weighted by Crippen LogP contribution is -2.56. The Bertz CT molecular complexity index is 1920. The summed E-state index contributed by atoms with van der Waals surface area (Å²) in [4.78, 5) is 0. The number of methoxy groups -OCH3 is 2. The number of aromatic nitrogens is 1. The van der Waals surface area contributed by atoms with Crippen LogP contribution >= 0.6 is 0 Å². The third kappa shape index (κ3) is 2.21. The smallest absolute Gasteiger partial charge is 0.252 e. The summed E-state index contributed by atoms with van der Waals surface area (Å²) in [6.07, 6.45) is 0. The number of pyridine rings is 1. The van der Waals surface area contributed by atoms with Crippen LogP contribution in [-0.4, -0.2) is 20.0 Å². The molecule has 1 aliphatic heterocycles. The maximum absolute atomic E-state index is 6.56. The number of hydrogen-bond donors (Lipinski definition) is 0. The molecule has 2 aromatic heterocycles. The van der Waals surface area contributed by atoms with Gasteiger partial charge in [-0.1, -0.05) is 50.2 Å². The first-order chi connectivity index (χ1) is 18.6. The molecule has 2 atom stereocenters. The first-order valence-electron chi connectivity index (χ1n) is 13.9. The van der Waals surface area contributed by atoms with Gasteiger partial charge in [-0.3, -0.25) is 0 Å². The van der Waals surface area contributed by atoms with Crippen LogP contribution in [0.25, 0.3) is 44.5 Å². The molecule has 3 aromatic carbocycles. The quantitative estimate of drug-likeness (QED) is 0.181. The molecule has 0 saturated heterocycles. The minimum Gasteiger partial charge on any atom is -0.456 e. The summed E-state index contributed by atoms with van der Waals surface area (Å²) in [5.74, 6) is 0.185. The van der Waals surface area contributed by atoms with Gasteiger partial charge in [0.1, 0.15) is 16.8 Å². The van der Waals surface area contributed by atoms with Gasteiger partial charge < -0.3 is 13.9 Å². The second kappa shape index (κ2) is 6.80. The molecule has 0 radical (unpaired) electrons. The zero-order chi connectivity index (χ0) is 27.3. The molecule has 1 fully saturated rings. The summed E-state index contributed by atoms with van der Waals surface area (Å²) in [6, 6.07) is 22.2. The van der Waals surface area contributed by atoms with Crippen molar-refractivity contribution in [1.29, 1.82) is 0 Å². The number of furan rings is 1. The van der Waals surface area contributed by atoms with Crippen LogP contribution in [0.15, 0.2) is 65.1 Å². The SMILES string of the molecule is COC1(OC)C2(C)c3ccc4c(c3-c3ccc5c(C)cc(C)cc5[n+]3C12C)C(C)(C)c1c-4oc2ccccc12. The van der Waals surface area contributed by atoms with Gasteiger partial charge in [-0.05, 0) is 55.2 Å². The molecule has 1 saturated carbocycles. The van der Waals surface area contributed by atoms with Crippen molar-refractivity contribution >= 4 is 21.9 Å². The number of nitrogens with zero attached hydrogens (tertiary/aromatic N) is 1. The molecule has 4 heteroatoms. The lowest BCUT2D eigenvalue weighted by atomic mass is 9.73. The summed E-state index contributed by atoms with van der Waals surface area (Å²) >= 11 is 0. The van der Waals surface area contributed by atoms with E-state index in [1.165, 1.54) is 60.9 Å². The molecule has 5 aromatic rings. The Morgan fingerprint density at radius 1 is 0.795 bits per heavy atom. The maximum Gasteiger partial charge on any atom is 0.252 e. The third-order valence-corrected chi connectivity index (χ3v) is 10.7. The van der Waals surface area contributed by atoms with Gasteiger partial charge in [0.25, 0.3) is 5.79 Å². The van der Waals surface area contributed by atoms with Crippen molar-refractivity contribution in [1.82, 2.24) is 0 Å². The normalized spacial score (nSPS) is 24.7. The minimum absolute atomic E-state index is 0.250. The van der Waals surface area contributed by atoms with Crippen LogP contribution in [0, 0.1) is 13.8 Å². The summed E-state index contributed by atoms with van der Waals surface area (Å²) < 4.78 is 21.9. The second-order valence-electron chi connectivity index (χ2n) is 12.6. The highest BCUT2D eigenvalue weighted by molar-refractivity contribution is 5.98. The summed E-state index contributed by atoms with van der Waals surface area (Å²) in [5.41, 5.74) is 11.2. The van der Waals surface area contributed by atoms with Crippen molar-refractivity contribution in [2.24, 2.45) is 0 Å². The zero-order valence-electron chi connectivity index (χ0n) is 23.9. The van der Waals surface area contributed by atoms with Gasteiger partial charge in [-0.2, -0.15) is 4.57 Å². The summed E-state index contributed by atoms with van der Waals surface area (Å²) in [5, 5.41) is 2.45. The number of hydrogen-bond acceptors (Lipinski definition) is 3. The fourth-order valence-corrected chi connectivity index (χ4v) is 9.01. The zero-order valence-corrected chi connectivity index (χ0v) is 23.9. The third-order valence-electron chi connectivity index (χ3n) is 10.7. The van der Waals surface area contributed by atoms with Crippen LogP contribution in [0.1, 0.15) is 55.5 Å². The predicted octanol–water partition coefficient (Wildman–Crippen LogP) is 7.45. The monoisotopic (exact) mass is 516 g/mol. The average molecular weight is 517 g/mol. The van der Waals surface area contributed by atoms with Gasteiger partial charge in [0.15, 0.2) is 0 Å². The van der Waals surface area contributed by atoms with Crippen molar-refractivity contribution in [2.75, 3.05) is 14.2 Å². The highest BCUT2D eigenvalue weighted by Crippen LogP contribution is 2.74. The van der Waals surface area contributed by atoms with E-state index in [9.17, 15) is 0 Å². The van der Waals surface area contributed by atoms with Crippen molar-refractivity contribution in [3.63, 3.8) is 0 Å². The molecule has 2 aliphatic carbocycles. The molecular formula is C35H34NO3+. The van der Waals surface area contributed by atoms with Crippen LogP contribution < -0.4 is 4.57 Å². The summed E-state index contributed by atoms with van der Waals surface area (Å²) in [6.45, 7) is 13.7. The van der Waals surface area contributed by atoms with E-state index in [4.69, 9.17) is 13.9 Å². The Hall–Kier alpha value is -3.47. The van der Waals surface area contributed by atoms with E-state index < -0.39 is 16.7 Å². The molecule has 0 N–H and O–H groups in total. The van der Waals surface area contributed by atoms with Crippen LogP contribution in [0.5, 0.6) is 0 Å². The van der Waals surface area contributed by atoms with Crippen LogP contribution in [0.2, 0.25) is 0 Å². The number of fused-ring (bicyclic) bond motifs is 14. The summed E-state index contributed by atoms with van der Waals surface area (Å²) in [7, 11) is 3.58. The molecular weight excluding hydrogens is 482 g/mol. The van der Waals surface area contributed by atoms with E-state index in [1.54, 1.807) is 14.2 Å². The predicted molar refractivity (Wildman–Crippen MR) is 154 cm³/mol. The maximum atomic E-state index is 6.56. The Morgan fingerprint density at radius 2 is 1.54 bits per heavy atom. The van der Waals surface area contributed by atoms with E-state index in [1.807, 2.05) is 6.07 Å². The molecule has 8 rings (SSSR count). The number of rotatable bonds is 2. The molecule has 0 spiro atoms. The lowest BCUT2D eigenvalue weighted by molar-refractivity contribution is -0.718. The second-order valence-corrected chi connectivity index (χ2v) is 12.6. The first-order valence-corrected chi connectivity index (χ1v) is 13.9. The first kappa shape index (κ1) is 23.4. The highest BCUT2D eigenvalue weighted by Gasteiger charge is 2.95. The number of para-hydroxylation sites is 1. The molecule has 0 bridgehead atoms. The van der Waals surface area contributed by atoms with Gasteiger partial charge >= 0.3 is 0 Å². The molecule has 39 heavy (non-hydrogen) atoms. The fraction of sp³-hybridized carbons (Fsp3) is 0.343. The van der Waals surface area contributed by atoms with Gasteiger partial charge in [-0.15, -0.1) is 0 Å². The molecule has 4 nitrogen and oxygen atoms in total. The van der Waals surface area contributed by atoms with Crippen molar-refractivity contribution in [3.05, 3.63) is 88.5 Å². The Balaban J connectivity index is 1.56. The van der Waals surface area contributed by atoms with Gasteiger partial charge in [-0.25, -0.2) is 0 Å². The standard InChI is InChI=1S/C35H34NO3/c1-19-17-20(2)21-14-16-25-28-24(33(5)34(6,35(33,37-7)38-8)36(25)26(21)18-19)15-13-23-29(28)32(3,4)30-22-11-9-10-12-27(22)39-31(23)30/h9-18H,1-8H3/q+1. The van der Waals surface area contributed by atoms with Gasteiger partial charge in [0.05, 0.1) is 5.56 Å². The van der Waals surface area contributed by atoms with Crippen LogP contribution in [0.4, 0.5) is 0 Å². The van der Waals surface area contributed by atoms with E-state index in [2.05, 4.69) is 101 Å². The molecule has 196 valence electrons. The highest BCUT2D eigenvalue weighted by atomic mass is 16.7.